The monoisotopic (exact) mass is 196 g/mol. The van der Waals surface area contributed by atoms with Gasteiger partial charge in [0.2, 0.25) is 0 Å². The quantitative estimate of drug-likeness (QED) is 0.605. The van der Waals surface area contributed by atoms with Crippen molar-refractivity contribution in [2.24, 2.45) is 0 Å². The van der Waals surface area contributed by atoms with Gasteiger partial charge in [-0.25, -0.2) is 9.59 Å². The van der Waals surface area contributed by atoms with Crippen molar-refractivity contribution in [3.8, 4) is 11.8 Å². The summed E-state index contributed by atoms with van der Waals surface area (Å²) in [6.07, 6.45) is 0.530. The number of carboxylic acids is 1. The predicted octanol–water partition coefficient (Wildman–Crippen LogP) is -0.122. The van der Waals surface area contributed by atoms with Crippen LogP contribution < -0.4 is 5.32 Å². The highest BCUT2D eigenvalue weighted by Crippen LogP contribution is 2.16. The van der Waals surface area contributed by atoms with Crippen LogP contribution in [-0.4, -0.2) is 41.1 Å². The SMILES string of the molecule is CC#CCNC(=O)N1CCC1C(=O)O. The first kappa shape index (κ1) is 10.4. The van der Waals surface area contributed by atoms with Crippen LogP contribution in [0.15, 0.2) is 0 Å². The average Bonchev–Trinajstić information content (AvgIpc) is 2.01. The van der Waals surface area contributed by atoms with Gasteiger partial charge in [-0.15, -0.1) is 5.92 Å². The summed E-state index contributed by atoms with van der Waals surface area (Å²) in [4.78, 5) is 23.2. The summed E-state index contributed by atoms with van der Waals surface area (Å²) in [6.45, 7) is 2.44. The molecule has 1 heterocycles. The maximum absolute atomic E-state index is 11.3. The number of carboxylic acid groups (broad SMARTS) is 1. The largest absolute Gasteiger partial charge is 0.480 e. The molecule has 2 amide bonds. The highest BCUT2D eigenvalue weighted by Gasteiger charge is 2.37. The van der Waals surface area contributed by atoms with Gasteiger partial charge in [-0.3, -0.25) is 0 Å². The Hall–Kier alpha value is -1.70. The Labute approximate surface area is 82.1 Å². The fourth-order valence-corrected chi connectivity index (χ4v) is 1.20. The van der Waals surface area contributed by atoms with E-state index < -0.39 is 12.0 Å². The Bertz CT molecular complexity index is 303. The highest BCUT2D eigenvalue weighted by atomic mass is 16.4. The zero-order chi connectivity index (χ0) is 10.6. The number of rotatable bonds is 2. The van der Waals surface area contributed by atoms with E-state index in [2.05, 4.69) is 17.2 Å². The minimum absolute atomic E-state index is 0.262. The number of carbonyl (C=O) groups excluding carboxylic acids is 1. The third-order valence-corrected chi connectivity index (χ3v) is 2.07. The van der Waals surface area contributed by atoms with E-state index in [1.54, 1.807) is 6.92 Å². The number of nitrogens with zero attached hydrogens (tertiary/aromatic N) is 1. The van der Waals surface area contributed by atoms with Gasteiger partial charge < -0.3 is 15.3 Å². The third-order valence-electron chi connectivity index (χ3n) is 2.07. The predicted molar refractivity (Wildman–Crippen MR) is 49.6 cm³/mol. The van der Waals surface area contributed by atoms with E-state index in [0.717, 1.165) is 0 Å². The lowest BCUT2D eigenvalue weighted by atomic mass is 10.0. The van der Waals surface area contributed by atoms with Gasteiger partial charge in [-0.1, -0.05) is 5.92 Å². The molecule has 0 spiro atoms. The second-order valence-corrected chi connectivity index (χ2v) is 2.92. The zero-order valence-corrected chi connectivity index (χ0v) is 7.91. The van der Waals surface area contributed by atoms with Crippen LogP contribution in [0, 0.1) is 11.8 Å². The smallest absolute Gasteiger partial charge is 0.326 e. The van der Waals surface area contributed by atoms with Crippen molar-refractivity contribution in [1.82, 2.24) is 10.2 Å². The summed E-state index contributed by atoms with van der Waals surface area (Å²) in [5.74, 6) is 4.35. The van der Waals surface area contributed by atoms with E-state index in [0.29, 0.717) is 13.0 Å². The summed E-state index contributed by atoms with van der Waals surface area (Å²) < 4.78 is 0. The number of likely N-dealkylation sites (tertiary alicyclic amines) is 1. The van der Waals surface area contributed by atoms with Gasteiger partial charge in [0.25, 0.3) is 0 Å². The summed E-state index contributed by atoms with van der Waals surface area (Å²) in [6, 6.07) is -1.02. The number of nitrogens with one attached hydrogen (secondary N) is 1. The van der Waals surface area contributed by atoms with E-state index in [-0.39, 0.29) is 12.6 Å². The molecule has 5 heteroatoms. The van der Waals surface area contributed by atoms with Crippen LogP contribution in [0.3, 0.4) is 0 Å². The molecule has 1 aliphatic heterocycles. The lowest BCUT2D eigenvalue weighted by molar-refractivity contribution is -0.145. The lowest BCUT2D eigenvalue weighted by Gasteiger charge is -2.37. The van der Waals surface area contributed by atoms with Crippen molar-refractivity contribution in [2.45, 2.75) is 19.4 Å². The average molecular weight is 196 g/mol. The van der Waals surface area contributed by atoms with E-state index in [1.807, 2.05) is 0 Å². The maximum Gasteiger partial charge on any atom is 0.326 e. The van der Waals surface area contributed by atoms with Crippen LogP contribution in [-0.2, 0) is 4.79 Å². The number of hydrogen-bond acceptors (Lipinski definition) is 2. The molecule has 0 aromatic rings. The Morgan fingerprint density at radius 2 is 2.36 bits per heavy atom. The van der Waals surface area contributed by atoms with Crippen molar-refractivity contribution in [1.29, 1.82) is 0 Å². The van der Waals surface area contributed by atoms with E-state index in [1.165, 1.54) is 4.90 Å². The molecule has 0 aromatic heterocycles. The summed E-state index contributed by atoms with van der Waals surface area (Å²) in [5.41, 5.74) is 0. The van der Waals surface area contributed by atoms with E-state index in [9.17, 15) is 9.59 Å². The molecular formula is C9H12N2O3. The maximum atomic E-state index is 11.3. The van der Waals surface area contributed by atoms with Crippen LogP contribution in [0.4, 0.5) is 4.79 Å². The van der Waals surface area contributed by atoms with Crippen LogP contribution in [0.1, 0.15) is 13.3 Å². The first-order chi connectivity index (χ1) is 6.66. The Morgan fingerprint density at radius 1 is 1.64 bits per heavy atom. The first-order valence-electron chi connectivity index (χ1n) is 4.33. The van der Waals surface area contributed by atoms with Gasteiger partial charge >= 0.3 is 12.0 Å². The molecule has 1 rings (SSSR count). The number of carbonyl (C=O) groups is 2. The summed E-state index contributed by atoms with van der Waals surface area (Å²) in [5, 5.41) is 11.2. The fourth-order valence-electron chi connectivity index (χ4n) is 1.20. The minimum atomic E-state index is -0.951. The Morgan fingerprint density at radius 3 is 2.79 bits per heavy atom. The van der Waals surface area contributed by atoms with Gasteiger partial charge in [0.1, 0.15) is 6.04 Å². The molecule has 1 unspecified atom stereocenters. The van der Waals surface area contributed by atoms with E-state index >= 15 is 0 Å². The molecule has 5 nitrogen and oxygen atoms in total. The van der Waals surface area contributed by atoms with Crippen molar-refractivity contribution < 1.29 is 14.7 Å². The highest BCUT2D eigenvalue weighted by molar-refractivity contribution is 5.84. The van der Waals surface area contributed by atoms with Crippen molar-refractivity contribution in [3.63, 3.8) is 0 Å². The number of urea groups is 1. The van der Waals surface area contributed by atoms with E-state index in [4.69, 9.17) is 5.11 Å². The molecule has 0 aliphatic carbocycles. The van der Waals surface area contributed by atoms with Crippen molar-refractivity contribution in [3.05, 3.63) is 0 Å². The topological polar surface area (TPSA) is 69.6 Å². The third kappa shape index (κ3) is 2.16. The molecular weight excluding hydrogens is 184 g/mol. The van der Waals surface area contributed by atoms with Gasteiger partial charge in [-0.05, 0) is 13.3 Å². The van der Waals surface area contributed by atoms with Gasteiger partial charge in [0, 0.05) is 6.54 Å². The van der Waals surface area contributed by atoms with Crippen LogP contribution >= 0.6 is 0 Å². The molecule has 14 heavy (non-hydrogen) atoms. The second kappa shape index (κ2) is 4.51. The molecule has 1 fully saturated rings. The normalized spacial score (nSPS) is 18.9. The summed E-state index contributed by atoms with van der Waals surface area (Å²) >= 11 is 0. The second-order valence-electron chi connectivity index (χ2n) is 2.92. The summed E-state index contributed by atoms with van der Waals surface area (Å²) in [7, 11) is 0. The molecule has 0 saturated carbocycles. The fraction of sp³-hybridized carbons (Fsp3) is 0.556. The zero-order valence-electron chi connectivity index (χ0n) is 7.91. The van der Waals surface area contributed by atoms with Gasteiger partial charge in [0.15, 0.2) is 0 Å². The Kier molecular flexibility index (Phi) is 3.35. The Balaban J connectivity index is 2.37. The molecule has 2 N–H and O–H groups in total. The first-order valence-corrected chi connectivity index (χ1v) is 4.33. The number of amides is 2. The number of hydrogen-bond donors (Lipinski definition) is 2. The molecule has 0 radical (unpaired) electrons. The molecule has 1 atom stereocenters. The van der Waals surface area contributed by atoms with Crippen LogP contribution in [0.5, 0.6) is 0 Å². The lowest BCUT2D eigenvalue weighted by Crippen LogP contribution is -2.58. The molecule has 1 saturated heterocycles. The van der Waals surface area contributed by atoms with Crippen LogP contribution in [0.25, 0.3) is 0 Å². The molecule has 76 valence electrons. The molecule has 1 aliphatic rings. The van der Waals surface area contributed by atoms with Crippen LogP contribution in [0.2, 0.25) is 0 Å². The standard InChI is InChI=1S/C9H12N2O3/c1-2-3-5-10-9(14)11-6-4-7(11)8(12)13/h7H,4-6H2,1H3,(H,10,14)(H,12,13). The number of aliphatic carboxylic acids is 1. The van der Waals surface area contributed by atoms with Gasteiger partial charge in [-0.2, -0.15) is 0 Å². The molecule has 0 aromatic carbocycles. The van der Waals surface area contributed by atoms with Crippen molar-refractivity contribution >= 4 is 12.0 Å². The van der Waals surface area contributed by atoms with Gasteiger partial charge in [0.05, 0.1) is 6.54 Å². The van der Waals surface area contributed by atoms with Crippen molar-refractivity contribution in [2.75, 3.05) is 13.1 Å². The minimum Gasteiger partial charge on any atom is -0.480 e. The molecule has 0 bridgehead atoms.